The molecule has 1 saturated heterocycles. The number of hydrogen-bond donors (Lipinski definition) is 2. The first-order chi connectivity index (χ1) is 6.84. The van der Waals surface area contributed by atoms with Crippen molar-refractivity contribution in [2.75, 3.05) is 46.6 Å². The van der Waals surface area contributed by atoms with Gasteiger partial charge in [0.2, 0.25) is 0 Å². The predicted octanol–water partition coefficient (Wildman–Crippen LogP) is -1.00. The molecule has 5 heteroatoms. The highest BCUT2D eigenvalue weighted by Crippen LogP contribution is 2.03. The lowest BCUT2D eigenvalue weighted by molar-refractivity contribution is -0.0375. The van der Waals surface area contributed by atoms with E-state index in [2.05, 4.69) is 5.32 Å². The van der Waals surface area contributed by atoms with E-state index in [4.69, 9.17) is 14.2 Å². The van der Waals surface area contributed by atoms with Crippen molar-refractivity contribution in [3.63, 3.8) is 0 Å². The number of rotatable bonds is 7. The molecular formula is C9H19NO4. The molecule has 0 aromatic rings. The average Bonchev–Trinajstić information content (AvgIpc) is 2.58. The van der Waals surface area contributed by atoms with Crippen molar-refractivity contribution < 1.29 is 19.3 Å². The van der Waals surface area contributed by atoms with E-state index >= 15 is 0 Å². The zero-order chi connectivity index (χ0) is 10.2. The summed E-state index contributed by atoms with van der Waals surface area (Å²) in [5, 5.41) is 12.4. The van der Waals surface area contributed by atoms with E-state index in [1.165, 1.54) is 0 Å². The van der Waals surface area contributed by atoms with Gasteiger partial charge in [-0.15, -0.1) is 0 Å². The van der Waals surface area contributed by atoms with Gasteiger partial charge < -0.3 is 24.6 Å². The summed E-state index contributed by atoms with van der Waals surface area (Å²) in [4.78, 5) is 0. The maximum absolute atomic E-state index is 9.38. The number of ether oxygens (including phenoxy) is 3. The lowest BCUT2D eigenvalue weighted by Crippen LogP contribution is -2.28. The predicted molar refractivity (Wildman–Crippen MR) is 51.3 cm³/mol. The Morgan fingerprint density at radius 2 is 2.00 bits per heavy atom. The second kappa shape index (κ2) is 7.14. The Balaban J connectivity index is 1.88. The zero-order valence-electron chi connectivity index (χ0n) is 8.57. The summed E-state index contributed by atoms with van der Waals surface area (Å²) in [5.74, 6) is 0. The molecule has 0 radical (unpaired) electrons. The van der Waals surface area contributed by atoms with Crippen LogP contribution in [0.1, 0.15) is 0 Å². The molecule has 0 aromatic carbocycles. The van der Waals surface area contributed by atoms with Crippen molar-refractivity contribution >= 4 is 0 Å². The number of aliphatic hydroxyl groups excluding tert-OH is 1. The van der Waals surface area contributed by atoms with Gasteiger partial charge in [0.25, 0.3) is 0 Å². The van der Waals surface area contributed by atoms with Crippen molar-refractivity contribution in [2.24, 2.45) is 0 Å². The van der Waals surface area contributed by atoms with Crippen LogP contribution in [0.15, 0.2) is 0 Å². The van der Waals surface area contributed by atoms with Crippen LogP contribution in [-0.4, -0.2) is 63.9 Å². The lowest BCUT2D eigenvalue weighted by Gasteiger charge is -2.14. The van der Waals surface area contributed by atoms with Crippen LogP contribution in [0.4, 0.5) is 0 Å². The molecular weight excluding hydrogens is 186 g/mol. The molecule has 0 aliphatic carbocycles. The molecule has 2 atom stereocenters. The molecule has 1 rings (SSSR count). The standard InChI is InChI=1S/C9H19NO4/c1-12-2-3-13-4-5-14-9-7-10-6-8(9)11/h8-11H,2-7H2,1H3. The van der Waals surface area contributed by atoms with Gasteiger partial charge in [-0.2, -0.15) is 0 Å². The smallest absolute Gasteiger partial charge is 0.0971 e. The first kappa shape index (κ1) is 11.9. The van der Waals surface area contributed by atoms with Gasteiger partial charge in [0.15, 0.2) is 0 Å². The fraction of sp³-hybridized carbons (Fsp3) is 1.00. The minimum absolute atomic E-state index is 0.0824. The number of hydrogen-bond acceptors (Lipinski definition) is 5. The number of methoxy groups -OCH3 is 1. The van der Waals surface area contributed by atoms with Gasteiger partial charge in [0.05, 0.1) is 38.6 Å². The first-order valence-electron chi connectivity index (χ1n) is 4.91. The molecule has 0 amide bonds. The van der Waals surface area contributed by atoms with Gasteiger partial charge in [0, 0.05) is 20.2 Å². The van der Waals surface area contributed by atoms with Crippen LogP contribution in [0.3, 0.4) is 0 Å². The first-order valence-corrected chi connectivity index (χ1v) is 4.91. The van der Waals surface area contributed by atoms with Gasteiger partial charge in [-0.05, 0) is 0 Å². The quantitative estimate of drug-likeness (QED) is 0.522. The third kappa shape index (κ3) is 4.34. The second-order valence-corrected chi connectivity index (χ2v) is 3.24. The fourth-order valence-electron chi connectivity index (χ4n) is 1.31. The number of β-amino-alcohol motifs (C(OH)–C–C–N with tert-alkyl or cyclic N) is 1. The van der Waals surface area contributed by atoms with Gasteiger partial charge in [-0.25, -0.2) is 0 Å². The Morgan fingerprint density at radius 1 is 1.21 bits per heavy atom. The Labute approximate surface area is 84.3 Å². The van der Waals surface area contributed by atoms with Gasteiger partial charge in [0.1, 0.15) is 0 Å². The van der Waals surface area contributed by atoms with Crippen LogP contribution < -0.4 is 5.32 Å². The van der Waals surface area contributed by atoms with Crippen LogP contribution in [-0.2, 0) is 14.2 Å². The van der Waals surface area contributed by atoms with E-state index in [0.717, 1.165) is 6.54 Å². The molecule has 0 bridgehead atoms. The Hall–Kier alpha value is -0.200. The molecule has 0 aromatic heterocycles. The largest absolute Gasteiger partial charge is 0.389 e. The van der Waals surface area contributed by atoms with Crippen molar-refractivity contribution in [1.82, 2.24) is 5.32 Å². The van der Waals surface area contributed by atoms with Crippen LogP contribution in [0.5, 0.6) is 0 Å². The molecule has 2 unspecified atom stereocenters. The molecule has 0 spiro atoms. The van der Waals surface area contributed by atoms with Crippen molar-refractivity contribution in [2.45, 2.75) is 12.2 Å². The Morgan fingerprint density at radius 3 is 2.64 bits per heavy atom. The normalized spacial score (nSPS) is 27.0. The van der Waals surface area contributed by atoms with Gasteiger partial charge in [-0.3, -0.25) is 0 Å². The summed E-state index contributed by atoms with van der Waals surface area (Å²) in [6, 6.07) is 0. The highest BCUT2D eigenvalue weighted by molar-refractivity contribution is 4.80. The van der Waals surface area contributed by atoms with Crippen molar-refractivity contribution in [3.05, 3.63) is 0 Å². The summed E-state index contributed by atoms with van der Waals surface area (Å²) in [5.41, 5.74) is 0. The van der Waals surface area contributed by atoms with E-state index < -0.39 is 0 Å². The summed E-state index contributed by atoms with van der Waals surface area (Å²) in [6.45, 7) is 3.60. The molecule has 14 heavy (non-hydrogen) atoms. The van der Waals surface area contributed by atoms with Crippen LogP contribution in [0.2, 0.25) is 0 Å². The molecule has 2 N–H and O–H groups in total. The topological polar surface area (TPSA) is 60.0 Å². The van der Waals surface area contributed by atoms with Gasteiger partial charge in [-0.1, -0.05) is 0 Å². The maximum Gasteiger partial charge on any atom is 0.0971 e. The van der Waals surface area contributed by atoms with Crippen molar-refractivity contribution in [1.29, 1.82) is 0 Å². The van der Waals surface area contributed by atoms with Crippen molar-refractivity contribution in [3.8, 4) is 0 Å². The molecule has 1 heterocycles. The molecule has 1 aliphatic heterocycles. The summed E-state index contributed by atoms with van der Waals surface area (Å²) >= 11 is 0. The third-order valence-electron chi connectivity index (χ3n) is 2.12. The van der Waals surface area contributed by atoms with E-state index in [-0.39, 0.29) is 12.2 Å². The minimum Gasteiger partial charge on any atom is -0.389 e. The minimum atomic E-state index is -0.381. The highest BCUT2D eigenvalue weighted by atomic mass is 16.5. The van der Waals surface area contributed by atoms with Crippen LogP contribution >= 0.6 is 0 Å². The zero-order valence-corrected chi connectivity index (χ0v) is 8.57. The Bertz CT molecular complexity index is 145. The summed E-state index contributed by atoms with van der Waals surface area (Å²) in [7, 11) is 1.64. The molecule has 0 saturated carbocycles. The molecule has 1 aliphatic rings. The summed E-state index contributed by atoms with van der Waals surface area (Å²) < 4.78 is 15.5. The fourth-order valence-corrected chi connectivity index (χ4v) is 1.31. The third-order valence-corrected chi connectivity index (χ3v) is 2.12. The van der Waals surface area contributed by atoms with E-state index in [0.29, 0.717) is 33.0 Å². The summed E-state index contributed by atoms with van der Waals surface area (Å²) in [6.07, 6.45) is -0.463. The number of aliphatic hydroxyl groups is 1. The van der Waals surface area contributed by atoms with Crippen LogP contribution in [0, 0.1) is 0 Å². The highest BCUT2D eigenvalue weighted by Gasteiger charge is 2.24. The Kier molecular flexibility index (Phi) is 6.05. The SMILES string of the molecule is COCCOCCOC1CNCC1O. The van der Waals surface area contributed by atoms with E-state index in [9.17, 15) is 5.11 Å². The monoisotopic (exact) mass is 205 g/mol. The molecule has 1 fully saturated rings. The average molecular weight is 205 g/mol. The lowest BCUT2D eigenvalue weighted by atomic mass is 10.3. The second-order valence-electron chi connectivity index (χ2n) is 3.24. The number of nitrogens with one attached hydrogen (secondary N) is 1. The van der Waals surface area contributed by atoms with Gasteiger partial charge >= 0.3 is 0 Å². The van der Waals surface area contributed by atoms with E-state index in [1.807, 2.05) is 0 Å². The van der Waals surface area contributed by atoms with Crippen LogP contribution in [0.25, 0.3) is 0 Å². The van der Waals surface area contributed by atoms with E-state index in [1.54, 1.807) is 7.11 Å². The maximum atomic E-state index is 9.38. The molecule has 5 nitrogen and oxygen atoms in total. The molecule has 84 valence electrons.